The van der Waals surface area contributed by atoms with Crippen molar-refractivity contribution in [2.75, 3.05) is 0 Å². The fraction of sp³-hybridized carbons (Fsp3) is 0.111. The molecule has 2 heterocycles. The molecule has 6 nitrogen and oxygen atoms in total. The molecule has 6 heteroatoms. The number of aromatic nitrogens is 5. The van der Waals surface area contributed by atoms with Gasteiger partial charge in [0.2, 0.25) is 5.89 Å². The minimum absolute atomic E-state index is 0.380. The number of hydrogen-bond acceptors (Lipinski definition) is 5. The molecular weight excluding hydrogens is 302 g/mol. The summed E-state index contributed by atoms with van der Waals surface area (Å²) in [5.74, 6) is 0.855. The van der Waals surface area contributed by atoms with Crippen LogP contribution < -0.4 is 0 Å². The first-order chi connectivity index (χ1) is 11.8. The van der Waals surface area contributed by atoms with Crippen LogP contribution in [0.1, 0.15) is 11.3 Å². The van der Waals surface area contributed by atoms with Crippen LogP contribution in [0.5, 0.6) is 0 Å². The van der Waals surface area contributed by atoms with Crippen molar-refractivity contribution in [1.29, 1.82) is 0 Å². The third-order valence-corrected chi connectivity index (χ3v) is 3.81. The van der Waals surface area contributed by atoms with E-state index in [-0.39, 0.29) is 0 Å². The van der Waals surface area contributed by atoms with Gasteiger partial charge >= 0.3 is 0 Å². The van der Waals surface area contributed by atoms with E-state index < -0.39 is 0 Å². The van der Waals surface area contributed by atoms with E-state index in [0.717, 1.165) is 16.8 Å². The first-order valence-electron chi connectivity index (χ1n) is 7.64. The summed E-state index contributed by atoms with van der Waals surface area (Å²) in [6, 6.07) is 19.8. The molecule has 0 radical (unpaired) electrons. The van der Waals surface area contributed by atoms with Crippen LogP contribution in [0.4, 0.5) is 0 Å². The van der Waals surface area contributed by atoms with E-state index in [9.17, 15) is 0 Å². The largest absolute Gasteiger partial charge is 0.414 e. The summed E-state index contributed by atoms with van der Waals surface area (Å²) < 4.78 is 7.59. The lowest BCUT2D eigenvalue weighted by Gasteiger charge is -2.02. The Morgan fingerprint density at radius 1 is 0.833 bits per heavy atom. The Labute approximate surface area is 138 Å². The molecule has 0 aliphatic heterocycles. The molecule has 0 amide bonds. The van der Waals surface area contributed by atoms with Crippen molar-refractivity contribution >= 4 is 0 Å². The molecule has 4 rings (SSSR count). The predicted molar refractivity (Wildman–Crippen MR) is 89.0 cm³/mol. The molecule has 0 saturated heterocycles. The Kier molecular flexibility index (Phi) is 3.63. The summed E-state index contributed by atoms with van der Waals surface area (Å²) in [6.45, 7) is 2.60. The van der Waals surface area contributed by atoms with Gasteiger partial charge in [-0.15, -0.1) is 15.3 Å². The molecule has 4 aromatic rings. The van der Waals surface area contributed by atoms with Gasteiger partial charge in [0.15, 0.2) is 5.69 Å². The second kappa shape index (κ2) is 6.08. The molecular formula is C18H15N5O. The van der Waals surface area contributed by atoms with Gasteiger partial charge in [-0.1, -0.05) is 53.7 Å². The van der Waals surface area contributed by atoms with E-state index in [2.05, 4.69) is 32.6 Å². The Morgan fingerprint density at radius 2 is 1.50 bits per heavy atom. The molecule has 0 unspecified atom stereocenters. The van der Waals surface area contributed by atoms with Crippen LogP contribution in [0.3, 0.4) is 0 Å². The molecule has 0 atom stereocenters. The van der Waals surface area contributed by atoms with Crippen molar-refractivity contribution < 1.29 is 4.42 Å². The standard InChI is InChI=1S/C18H15N5O/c1-13-16(19-22-23(13)12-14-8-4-2-5-9-14)18-21-20-17(24-18)15-10-6-3-7-11-15/h2-11H,12H2,1H3. The van der Waals surface area contributed by atoms with Gasteiger partial charge in [0.25, 0.3) is 5.89 Å². The monoisotopic (exact) mass is 317 g/mol. The van der Waals surface area contributed by atoms with E-state index in [1.807, 2.05) is 60.1 Å². The van der Waals surface area contributed by atoms with Crippen LogP contribution in [-0.2, 0) is 6.54 Å². The maximum Gasteiger partial charge on any atom is 0.270 e. The van der Waals surface area contributed by atoms with Gasteiger partial charge in [0.05, 0.1) is 12.2 Å². The van der Waals surface area contributed by atoms with E-state index in [0.29, 0.717) is 24.0 Å². The van der Waals surface area contributed by atoms with Gasteiger partial charge in [-0.3, -0.25) is 0 Å². The quantitative estimate of drug-likeness (QED) is 0.577. The van der Waals surface area contributed by atoms with Crippen LogP contribution in [0.2, 0.25) is 0 Å². The Hall–Kier alpha value is -3.28. The van der Waals surface area contributed by atoms with Crippen LogP contribution in [-0.4, -0.2) is 25.2 Å². The first-order valence-corrected chi connectivity index (χ1v) is 7.64. The Bertz CT molecular complexity index is 944. The van der Waals surface area contributed by atoms with Crippen LogP contribution >= 0.6 is 0 Å². The van der Waals surface area contributed by atoms with E-state index in [4.69, 9.17) is 4.42 Å². The average molecular weight is 317 g/mol. The van der Waals surface area contributed by atoms with Crippen molar-refractivity contribution in [3.63, 3.8) is 0 Å². The van der Waals surface area contributed by atoms with Gasteiger partial charge < -0.3 is 4.42 Å². The minimum atomic E-state index is 0.380. The highest BCUT2D eigenvalue weighted by Gasteiger charge is 2.17. The van der Waals surface area contributed by atoms with Crippen LogP contribution in [0, 0.1) is 6.92 Å². The third-order valence-electron chi connectivity index (χ3n) is 3.81. The summed E-state index contributed by atoms with van der Waals surface area (Å²) >= 11 is 0. The smallest absolute Gasteiger partial charge is 0.270 e. The van der Waals surface area contributed by atoms with Gasteiger partial charge in [-0.2, -0.15) is 0 Å². The van der Waals surface area contributed by atoms with Gasteiger partial charge in [0, 0.05) is 5.56 Å². The summed E-state index contributed by atoms with van der Waals surface area (Å²) in [4.78, 5) is 0. The highest BCUT2D eigenvalue weighted by molar-refractivity contribution is 5.56. The zero-order chi connectivity index (χ0) is 16.4. The SMILES string of the molecule is Cc1c(-c2nnc(-c3ccccc3)o2)nnn1Cc1ccccc1. The fourth-order valence-corrected chi connectivity index (χ4v) is 2.48. The van der Waals surface area contributed by atoms with E-state index in [1.165, 1.54) is 0 Å². The summed E-state index contributed by atoms with van der Waals surface area (Å²) in [6.07, 6.45) is 0. The second-order valence-corrected chi connectivity index (χ2v) is 5.45. The lowest BCUT2D eigenvalue weighted by atomic mass is 10.2. The maximum absolute atomic E-state index is 5.76. The molecule has 24 heavy (non-hydrogen) atoms. The van der Waals surface area contributed by atoms with Crippen LogP contribution in [0.15, 0.2) is 65.1 Å². The summed E-state index contributed by atoms with van der Waals surface area (Å²) in [5.41, 5.74) is 3.54. The minimum Gasteiger partial charge on any atom is -0.414 e. The zero-order valence-electron chi connectivity index (χ0n) is 13.1. The number of nitrogens with zero attached hydrogens (tertiary/aromatic N) is 5. The normalized spacial score (nSPS) is 10.9. The molecule has 0 N–H and O–H groups in total. The van der Waals surface area contributed by atoms with E-state index >= 15 is 0 Å². The van der Waals surface area contributed by atoms with Crippen molar-refractivity contribution in [3.8, 4) is 23.0 Å². The van der Waals surface area contributed by atoms with Crippen LogP contribution in [0.25, 0.3) is 23.0 Å². The third kappa shape index (κ3) is 2.69. The van der Waals surface area contributed by atoms with Crippen molar-refractivity contribution in [3.05, 3.63) is 71.9 Å². The second-order valence-electron chi connectivity index (χ2n) is 5.45. The molecule has 2 aromatic heterocycles. The zero-order valence-corrected chi connectivity index (χ0v) is 13.1. The number of benzene rings is 2. The first kappa shape index (κ1) is 14.3. The number of rotatable bonds is 4. The Morgan fingerprint density at radius 3 is 2.25 bits per heavy atom. The fourth-order valence-electron chi connectivity index (χ4n) is 2.48. The molecule has 0 aliphatic carbocycles. The average Bonchev–Trinajstić information content (AvgIpc) is 3.24. The molecule has 2 aromatic carbocycles. The highest BCUT2D eigenvalue weighted by atomic mass is 16.4. The predicted octanol–water partition coefficient (Wildman–Crippen LogP) is 3.35. The van der Waals surface area contributed by atoms with Crippen molar-refractivity contribution in [2.24, 2.45) is 0 Å². The van der Waals surface area contributed by atoms with Gasteiger partial charge in [0.1, 0.15) is 0 Å². The van der Waals surface area contributed by atoms with Crippen molar-refractivity contribution in [1.82, 2.24) is 25.2 Å². The molecule has 0 spiro atoms. The van der Waals surface area contributed by atoms with Gasteiger partial charge in [-0.05, 0) is 24.6 Å². The molecule has 0 aliphatic rings. The lowest BCUT2D eigenvalue weighted by Crippen LogP contribution is -2.03. The maximum atomic E-state index is 5.76. The van der Waals surface area contributed by atoms with Crippen molar-refractivity contribution in [2.45, 2.75) is 13.5 Å². The molecule has 0 saturated carbocycles. The topological polar surface area (TPSA) is 69.6 Å². The summed E-state index contributed by atoms with van der Waals surface area (Å²) in [5, 5.41) is 16.6. The summed E-state index contributed by atoms with van der Waals surface area (Å²) in [7, 11) is 0. The Balaban J connectivity index is 1.63. The number of hydrogen-bond donors (Lipinski definition) is 0. The molecule has 0 fully saturated rings. The van der Waals surface area contributed by atoms with Gasteiger partial charge in [-0.25, -0.2) is 4.68 Å². The highest BCUT2D eigenvalue weighted by Crippen LogP contribution is 2.24. The molecule has 0 bridgehead atoms. The lowest BCUT2D eigenvalue weighted by molar-refractivity contribution is 0.581. The van der Waals surface area contributed by atoms with E-state index in [1.54, 1.807) is 0 Å². The molecule has 118 valence electrons.